The van der Waals surface area contributed by atoms with Crippen LogP contribution in [0.25, 0.3) is 0 Å². The zero-order valence-electron chi connectivity index (χ0n) is 8.12. The van der Waals surface area contributed by atoms with E-state index in [0.29, 0.717) is 0 Å². The number of hydrogen-bond donors (Lipinski definition) is 3. The lowest BCUT2D eigenvalue weighted by Gasteiger charge is -2.03. The molecule has 0 bridgehead atoms. The minimum absolute atomic E-state index is 0.415. The fourth-order valence-corrected chi connectivity index (χ4v) is 0.971. The first-order valence-electron chi connectivity index (χ1n) is 4.69. The van der Waals surface area contributed by atoms with Gasteiger partial charge in [-0.3, -0.25) is 0 Å². The van der Waals surface area contributed by atoms with Crippen molar-refractivity contribution in [2.75, 3.05) is 13.1 Å². The van der Waals surface area contributed by atoms with Gasteiger partial charge in [-0.05, 0) is 32.8 Å². The zero-order valence-corrected chi connectivity index (χ0v) is 8.12. The van der Waals surface area contributed by atoms with Gasteiger partial charge in [0.2, 0.25) is 0 Å². The molecule has 0 spiro atoms. The molecule has 0 rings (SSSR count). The Morgan fingerprint density at radius 1 is 1.38 bits per heavy atom. The minimum atomic E-state index is -0.415. The van der Waals surface area contributed by atoms with E-state index in [1.54, 1.807) is 6.82 Å². The normalized spacial score (nSPS) is 9.69. The van der Waals surface area contributed by atoms with E-state index in [1.165, 1.54) is 7.41 Å². The summed E-state index contributed by atoms with van der Waals surface area (Å²) in [7, 11) is 0.996. The van der Waals surface area contributed by atoms with Crippen LogP contribution in [-0.2, 0) is 4.79 Å². The fraction of sp³-hybridized carbons (Fsp3) is 0.857. The largest absolute Gasteiger partial charge is 0.437 e. The maximum Gasteiger partial charge on any atom is 0.373 e. The monoisotopic (exact) mass is 183 g/mol. The van der Waals surface area contributed by atoms with Gasteiger partial charge in [0.1, 0.15) is 0 Å². The predicted molar refractivity (Wildman–Crippen MR) is 56.2 cm³/mol. The molecule has 0 saturated heterocycles. The van der Waals surface area contributed by atoms with Crippen LogP contribution in [0.5, 0.6) is 0 Å². The lowest BCUT2D eigenvalue weighted by atomic mass is 9.89. The summed E-state index contributed by atoms with van der Waals surface area (Å²) in [5, 5.41) is 14.6. The highest BCUT2D eigenvalue weighted by atomic mass is 16.2. The van der Waals surface area contributed by atoms with Crippen molar-refractivity contribution in [2.45, 2.75) is 26.1 Å². The summed E-state index contributed by atoms with van der Waals surface area (Å²) in [6.07, 6.45) is 3.94. The third kappa shape index (κ3) is 11.7. The number of carbonyl (C=O) groups excluding carboxylic acids is 1. The first-order chi connectivity index (χ1) is 6.27. The molecule has 0 aromatic heterocycles. The molecule has 1 radical (unpaired) electrons. The van der Waals surface area contributed by atoms with Gasteiger partial charge in [-0.15, -0.1) is 0 Å². The van der Waals surface area contributed by atoms with Crippen molar-refractivity contribution in [2.24, 2.45) is 0 Å². The van der Waals surface area contributed by atoms with Gasteiger partial charge in [-0.1, -0.05) is 6.42 Å². The van der Waals surface area contributed by atoms with Gasteiger partial charge >= 0.3 is 7.05 Å². The van der Waals surface area contributed by atoms with Crippen LogP contribution in [-0.4, -0.2) is 38.8 Å². The van der Waals surface area contributed by atoms with E-state index in [9.17, 15) is 4.79 Å². The predicted octanol–water partition coefficient (Wildman–Crippen LogP) is -0.744. The molecule has 0 aromatic rings. The molecule has 0 atom stereocenters. The van der Waals surface area contributed by atoms with Gasteiger partial charge < -0.3 is 20.3 Å². The molecule has 0 heterocycles. The quantitative estimate of drug-likeness (QED) is 0.250. The van der Waals surface area contributed by atoms with Crippen molar-refractivity contribution >= 4 is 20.7 Å². The highest BCUT2D eigenvalue weighted by molar-refractivity contribution is 6.64. The van der Waals surface area contributed by atoms with Crippen LogP contribution in [0.2, 0.25) is 6.82 Å². The Morgan fingerprint density at radius 3 is 2.69 bits per heavy atom. The molecule has 0 amide bonds. The van der Waals surface area contributed by atoms with Crippen LogP contribution in [0.1, 0.15) is 19.3 Å². The summed E-state index contributed by atoms with van der Waals surface area (Å²) >= 11 is 0. The summed E-state index contributed by atoms with van der Waals surface area (Å²) < 4.78 is 0. The van der Waals surface area contributed by atoms with E-state index in [0.717, 1.165) is 38.5 Å². The van der Waals surface area contributed by atoms with Gasteiger partial charge in [0.25, 0.3) is 7.41 Å². The van der Waals surface area contributed by atoms with Crippen LogP contribution in [0.15, 0.2) is 0 Å². The first kappa shape index (κ1) is 12.7. The van der Waals surface area contributed by atoms with Gasteiger partial charge in [0, 0.05) is 0 Å². The summed E-state index contributed by atoms with van der Waals surface area (Å²) in [6, 6.07) is 0. The number of rotatable bonds is 9. The van der Waals surface area contributed by atoms with E-state index in [4.69, 9.17) is 5.02 Å². The van der Waals surface area contributed by atoms with Crippen LogP contribution >= 0.6 is 0 Å². The number of hydrogen-bond acceptors (Lipinski definition) is 4. The Bertz CT molecular complexity index is 125. The molecule has 6 heteroatoms. The average Bonchev–Trinajstić information content (AvgIpc) is 2.09. The Labute approximate surface area is 80.9 Å². The second-order valence-corrected chi connectivity index (χ2v) is 2.95. The first-order valence-corrected chi connectivity index (χ1v) is 4.69. The molecule has 0 fully saturated rings. The van der Waals surface area contributed by atoms with Gasteiger partial charge in [-0.2, -0.15) is 0 Å². The highest BCUT2D eigenvalue weighted by Gasteiger charge is 1.98. The molecule has 0 unspecified atom stereocenters. The molecule has 13 heavy (non-hydrogen) atoms. The van der Waals surface area contributed by atoms with Crippen molar-refractivity contribution < 1.29 is 9.82 Å². The van der Waals surface area contributed by atoms with Crippen LogP contribution in [0.4, 0.5) is 0 Å². The minimum Gasteiger partial charge on any atom is -0.437 e. The number of carbonyl (C=O) groups is 1. The topological polar surface area (TPSA) is 61.4 Å². The molecule has 0 aliphatic heterocycles. The summed E-state index contributed by atoms with van der Waals surface area (Å²) in [5.74, 6) is 0. The molecule has 3 N–H and O–H groups in total. The lowest BCUT2D eigenvalue weighted by molar-refractivity contribution is 0.545. The number of unbranched alkanes of at least 4 members (excludes halogenated alkanes) is 2. The SMILES string of the molecule is CB(O)NCCCCCN[B]C=O. The molecule has 0 aliphatic rings. The second-order valence-electron chi connectivity index (χ2n) is 2.95. The van der Waals surface area contributed by atoms with Crippen molar-refractivity contribution in [1.82, 2.24) is 10.5 Å². The third-order valence-corrected chi connectivity index (χ3v) is 1.62. The fourth-order valence-electron chi connectivity index (χ4n) is 0.971. The van der Waals surface area contributed by atoms with Crippen molar-refractivity contribution in [1.29, 1.82) is 0 Å². The standard InChI is InChI=1S/C7H17B2N2O2/c1-9(13)11-6-4-2-3-5-10-8-7-12/h7,10-11,13H,2-6H2,1H3. The molecule has 0 saturated carbocycles. The third-order valence-electron chi connectivity index (χ3n) is 1.62. The van der Waals surface area contributed by atoms with Crippen LogP contribution < -0.4 is 10.5 Å². The molecule has 73 valence electrons. The van der Waals surface area contributed by atoms with E-state index >= 15 is 0 Å². The highest BCUT2D eigenvalue weighted by Crippen LogP contribution is 1.91. The van der Waals surface area contributed by atoms with Gasteiger partial charge in [0.05, 0.1) is 6.19 Å². The summed E-state index contributed by atoms with van der Waals surface area (Å²) in [6.45, 7) is 3.39. The second kappa shape index (κ2) is 9.77. The molecule has 0 aliphatic carbocycles. The van der Waals surface area contributed by atoms with E-state index in [-0.39, 0.29) is 0 Å². The van der Waals surface area contributed by atoms with Crippen LogP contribution in [0, 0.1) is 0 Å². The Hall–Kier alpha value is -0.320. The lowest BCUT2D eigenvalue weighted by Crippen LogP contribution is -2.31. The maximum absolute atomic E-state index is 9.86. The average molecular weight is 183 g/mol. The maximum atomic E-state index is 9.86. The Morgan fingerprint density at radius 2 is 2.08 bits per heavy atom. The summed E-state index contributed by atoms with van der Waals surface area (Å²) in [4.78, 5) is 9.86. The zero-order chi connectivity index (χ0) is 9.94. The van der Waals surface area contributed by atoms with Crippen LogP contribution in [0.3, 0.4) is 0 Å². The smallest absolute Gasteiger partial charge is 0.373 e. The summed E-state index contributed by atoms with van der Waals surface area (Å²) in [5.41, 5.74) is 0. The molecule has 4 nitrogen and oxygen atoms in total. The van der Waals surface area contributed by atoms with E-state index in [1.807, 2.05) is 0 Å². The van der Waals surface area contributed by atoms with E-state index in [2.05, 4.69) is 10.5 Å². The van der Waals surface area contributed by atoms with Crippen molar-refractivity contribution in [3.05, 3.63) is 0 Å². The van der Waals surface area contributed by atoms with E-state index < -0.39 is 7.05 Å². The molecular formula is C7H17B2N2O2. The van der Waals surface area contributed by atoms with Crippen molar-refractivity contribution in [3.63, 3.8) is 0 Å². The molecular weight excluding hydrogens is 166 g/mol. The molecule has 0 aromatic carbocycles. The Balaban J connectivity index is 2.87. The van der Waals surface area contributed by atoms with Crippen molar-refractivity contribution in [3.8, 4) is 0 Å². The number of nitrogens with one attached hydrogen (secondary N) is 2. The van der Waals surface area contributed by atoms with Gasteiger partial charge in [-0.25, -0.2) is 0 Å². The van der Waals surface area contributed by atoms with Gasteiger partial charge in [0.15, 0.2) is 0 Å². The Kier molecular flexibility index (Phi) is 9.53.